The molecule has 0 spiro atoms. The standard InChI is InChI=1S/C36H40O22/c1-13(37)48-11-24-29(50-15(3)39)31(51-16(4)40)34(54-19(7)43)36(57-24)58-30-25(12-49-14(2)38)56-35(33(53-18(6)42)32(30)52-17(5)41)55-23-10-22(46)26-20(44)8-9-21(45)27(26)28(23)47/h8-10,24-25,29-36,44-45H,11-12H2,1-7H3. The molecule has 0 amide bonds. The van der Waals surface area contributed by atoms with E-state index in [1.807, 2.05) is 0 Å². The smallest absolute Gasteiger partial charge is 0.303 e. The van der Waals surface area contributed by atoms with Gasteiger partial charge in [0.15, 0.2) is 42.2 Å². The van der Waals surface area contributed by atoms with Gasteiger partial charge in [-0.2, -0.15) is 0 Å². The number of benzene rings is 1. The number of ether oxygens (including phenoxy) is 11. The van der Waals surface area contributed by atoms with Crippen LogP contribution in [0.3, 0.4) is 0 Å². The van der Waals surface area contributed by atoms with Crippen molar-refractivity contribution in [2.45, 2.75) is 110 Å². The van der Waals surface area contributed by atoms with E-state index in [2.05, 4.69) is 0 Å². The first kappa shape index (κ1) is 44.6. The van der Waals surface area contributed by atoms with E-state index < -0.39 is 156 Å². The largest absolute Gasteiger partial charge is 0.507 e. The second-order valence-corrected chi connectivity index (χ2v) is 12.8. The molecule has 1 aromatic carbocycles. The molecule has 22 nitrogen and oxygen atoms in total. The number of fused-ring (bicyclic) bond motifs is 1. The summed E-state index contributed by atoms with van der Waals surface area (Å²) >= 11 is 0. The average molecular weight is 825 g/mol. The van der Waals surface area contributed by atoms with Crippen LogP contribution in [-0.4, -0.2) is 138 Å². The predicted octanol–water partition coefficient (Wildman–Crippen LogP) is -0.00300. The van der Waals surface area contributed by atoms with Crippen molar-refractivity contribution in [3.05, 3.63) is 35.1 Å². The molecule has 1 aliphatic carbocycles. The fourth-order valence-electron chi connectivity index (χ4n) is 6.22. The highest BCUT2D eigenvalue weighted by molar-refractivity contribution is 6.25. The molecule has 2 heterocycles. The van der Waals surface area contributed by atoms with Crippen LogP contribution in [0.1, 0.15) is 69.2 Å². The summed E-state index contributed by atoms with van der Waals surface area (Å²) in [6, 6.07) is 1.93. The Labute approximate surface area is 328 Å². The zero-order valence-corrected chi connectivity index (χ0v) is 32.0. The number of hydrogen-bond acceptors (Lipinski definition) is 22. The highest BCUT2D eigenvalue weighted by Gasteiger charge is 2.58. The van der Waals surface area contributed by atoms with Crippen molar-refractivity contribution < 1.29 is 105 Å². The molecule has 2 N–H and O–H groups in total. The third-order valence-electron chi connectivity index (χ3n) is 8.25. The Morgan fingerprint density at radius 3 is 1.41 bits per heavy atom. The molecule has 58 heavy (non-hydrogen) atoms. The predicted molar refractivity (Wildman–Crippen MR) is 181 cm³/mol. The highest BCUT2D eigenvalue weighted by Crippen LogP contribution is 2.39. The molecule has 1 aromatic rings. The topological polar surface area (TPSA) is 296 Å². The second kappa shape index (κ2) is 18.9. The van der Waals surface area contributed by atoms with Gasteiger partial charge in [0.05, 0.1) is 11.1 Å². The van der Waals surface area contributed by atoms with Gasteiger partial charge in [0.1, 0.15) is 43.0 Å². The SMILES string of the molecule is CC(=O)OCC1OC(OC2C(COC(C)=O)OC(OC3=CC(=O)c4c(O)ccc(O)c4C3=O)C(OC(C)=O)C2OC(C)=O)C(OC(C)=O)C(OC(C)=O)C1OC(C)=O. The Morgan fingerprint density at radius 1 is 0.534 bits per heavy atom. The number of esters is 7. The van der Waals surface area contributed by atoms with Crippen LogP contribution in [-0.2, 0) is 85.7 Å². The van der Waals surface area contributed by atoms with Gasteiger partial charge in [-0.25, -0.2) is 0 Å². The molecule has 0 saturated carbocycles. The van der Waals surface area contributed by atoms with Gasteiger partial charge in [0, 0.05) is 54.5 Å². The summed E-state index contributed by atoms with van der Waals surface area (Å²) < 4.78 is 61.7. The highest BCUT2D eigenvalue weighted by atomic mass is 16.8. The maximum absolute atomic E-state index is 13.6. The van der Waals surface area contributed by atoms with Gasteiger partial charge in [0.25, 0.3) is 0 Å². The molecule has 316 valence electrons. The molecular formula is C36H40O22. The van der Waals surface area contributed by atoms with Crippen molar-refractivity contribution >= 4 is 53.4 Å². The lowest BCUT2D eigenvalue weighted by molar-refractivity contribution is -0.358. The number of carbonyl (C=O) groups is 9. The fraction of sp³-hybridized carbons (Fsp3) is 0.528. The first-order valence-corrected chi connectivity index (χ1v) is 17.3. The number of rotatable bonds is 13. The molecule has 10 unspecified atom stereocenters. The summed E-state index contributed by atoms with van der Waals surface area (Å²) in [7, 11) is 0. The van der Waals surface area contributed by atoms with Crippen LogP contribution in [0.2, 0.25) is 0 Å². The van der Waals surface area contributed by atoms with Gasteiger partial charge in [-0.3, -0.25) is 43.2 Å². The summed E-state index contributed by atoms with van der Waals surface area (Å²) in [5.41, 5.74) is -1.18. The minimum Gasteiger partial charge on any atom is -0.507 e. The zero-order valence-electron chi connectivity index (χ0n) is 32.0. The second-order valence-electron chi connectivity index (χ2n) is 12.8. The van der Waals surface area contributed by atoms with Crippen LogP contribution in [0, 0.1) is 0 Å². The lowest BCUT2D eigenvalue weighted by atomic mass is 9.91. The van der Waals surface area contributed by atoms with E-state index in [-0.39, 0.29) is 0 Å². The molecular weight excluding hydrogens is 784 g/mol. The van der Waals surface area contributed by atoms with Crippen molar-refractivity contribution in [3.8, 4) is 11.5 Å². The van der Waals surface area contributed by atoms with Crippen molar-refractivity contribution in [3.63, 3.8) is 0 Å². The van der Waals surface area contributed by atoms with Gasteiger partial charge in [-0.15, -0.1) is 0 Å². The Balaban J connectivity index is 1.84. The van der Waals surface area contributed by atoms with Gasteiger partial charge in [-0.05, 0) is 12.1 Å². The zero-order chi connectivity index (χ0) is 43.2. The number of phenolic OH excluding ortho intramolecular Hbond substituents is 2. The number of phenols is 2. The van der Waals surface area contributed by atoms with Crippen LogP contribution >= 0.6 is 0 Å². The van der Waals surface area contributed by atoms with Gasteiger partial charge < -0.3 is 62.3 Å². The van der Waals surface area contributed by atoms with Gasteiger partial charge in [0.2, 0.25) is 18.2 Å². The molecule has 0 bridgehead atoms. The summed E-state index contributed by atoms with van der Waals surface area (Å²) in [6.07, 6.45) is -17.3. The molecule has 3 aliphatic rings. The van der Waals surface area contributed by atoms with Gasteiger partial charge in [-0.1, -0.05) is 0 Å². The summed E-state index contributed by atoms with van der Waals surface area (Å²) in [5, 5.41) is 20.7. The Hall–Kier alpha value is -6.13. The summed E-state index contributed by atoms with van der Waals surface area (Å²) in [6.45, 7) is 5.49. The molecule has 4 rings (SSSR count). The lowest BCUT2D eigenvalue weighted by Crippen LogP contribution is -2.67. The molecule has 10 atom stereocenters. The number of carbonyl (C=O) groups excluding carboxylic acids is 9. The third kappa shape index (κ3) is 10.8. The van der Waals surface area contributed by atoms with E-state index in [9.17, 15) is 53.4 Å². The summed E-state index contributed by atoms with van der Waals surface area (Å²) in [4.78, 5) is 113. The van der Waals surface area contributed by atoms with Crippen LogP contribution < -0.4 is 0 Å². The van der Waals surface area contributed by atoms with E-state index in [1.165, 1.54) is 0 Å². The third-order valence-corrected chi connectivity index (χ3v) is 8.25. The van der Waals surface area contributed by atoms with E-state index in [1.54, 1.807) is 0 Å². The average Bonchev–Trinajstić information content (AvgIpc) is 3.10. The minimum atomic E-state index is -2.01. The molecule has 2 saturated heterocycles. The number of allylic oxidation sites excluding steroid dienone is 2. The Kier molecular flexibility index (Phi) is 14.5. The van der Waals surface area contributed by atoms with Crippen LogP contribution in [0.5, 0.6) is 11.5 Å². The van der Waals surface area contributed by atoms with Crippen molar-refractivity contribution in [2.24, 2.45) is 0 Å². The van der Waals surface area contributed by atoms with Crippen LogP contribution in [0.4, 0.5) is 0 Å². The van der Waals surface area contributed by atoms with E-state index in [0.29, 0.717) is 6.08 Å². The van der Waals surface area contributed by atoms with Crippen molar-refractivity contribution in [2.75, 3.05) is 13.2 Å². The Morgan fingerprint density at radius 2 is 0.931 bits per heavy atom. The first-order valence-electron chi connectivity index (χ1n) is 17.3. The van der Waals surface area contributed by atoms with E-state index in [4.69, 9.17) is 52.1 Å². The first-order chi connectivity index (χ1) is 27.2. The number of Topliss-reactive ketones (excluding diaryl/α,β-unsaturated/α-hetero) is 1. The van der Waals surface area contributed by atoms with Crippen LogP contribution in [0.25, 0.3) is 0 Å². The van der Waals surface area contributed by atoms with E-state index in [0.717, 1.165) is 60.6 Å². The maximum Gasteiger partial charge on any atom is 0.303 e. The van der Waals surface area contributed by atoms with Crippen molar-refractivity contribution in [1.29, 1.82) is 0 Å². The number of hydrogen-bond donors (Lipinski definition) is 2. The van der Waals surface area contributed by atoms with Crippen LogP contribution in [0.15, 0.2) is 24.0 Å². The fourth-order valence-corrected chi connectivity index (χ4v) is 6.22. The normalized spacial score (nSPS) is 27.7. The molecule has 2 aliphatic heterocycles. The van der Waals surface area contributed by atoms with E-state index >= 15 is 0 Å². The molecule has 2 fully saturated rings. The molecule has 0 radical (unpaired) electrons. The maximum atomic E-state index is 13.6. The molecule has 22 heteroatoms. The molecule has 0 aromatic heterocycles. The summed E-state index contributed by atoms with van der Waals surface area (Å²) in [5.74, 6) is -10.9. The quantitative estimate of drug-likeness (QED) is 0.150. The minimum absolute atomic E-state index is 0.540. The lowest BCUT2D eigenvalue weighted by Gasteiger charge is -2.48. The Bertz CT molecular complexity index is 1870. The monoisotopic (exact) mass is 824 g/mol. The number of aromatic hydroxyl groups is 2. The number of ketones is 2. The van der Waals surface area contributed by atoms with Crippen molar-refractivity contribution in [1.82, 2.24) is 0 Å². The van der Waals surface area contributed by atoms with Gasteiger partial charge >= 0.3 is 41.8 Å².